The SMILES string of the molecule is COc1cccc(CN(C(=O)c2[nH]cnc2C(N)=O)c2nc3ccccc3[nH]2)c1. The Morgan fingerprint density at radius 3 is 2.76 bits per heavy atom. The number of rotatable bonds is 6. The molecular weight excluding hydrogens is 372 g/mol. The monoisotopic (exact) mass is 390 g/mol. The maximum Gasteiger partial charge on any atom is 0.279 e. The third-order valence-corrected chi connectivity index (χ3v) is 4.44. The Morgan fingerprint density at radius 1 is 1.17 bits per heavy atom. The number of ether oxygens (including phenoxy) is 1. The van der Waals surface area contributed by atoms with E-state index in [0.29, 0.717) is 17.2 Å². The third kappa shape index (κ3) is 3.53. The number of imidazole rings is 2. The summed E-state index contributed by atoms with van der Waals surface area (Å²) in [5.41, 5.74) is 7.55. The average Bonchev–Trinajstić information content (AvgIpc) is 3.38. The number of aromatic nitrogens is 4. The van der Waals surface area contributed by atoms with Crippen molar-refractivity contribution in [2.24, 2.45) is 5.73 Å². The first-order valence-corrected chi connectivity index (χ1v) is 8.79. The largest absolute Gasteiger partial charge is 0.497 e. The molecule has 0 spiro atoms. The van der Waals surface area contributed by atoms with E-state index in [9.17, 15) is 9.59 Å². The van der Waals surface area contributed by atoms with Crippen molar-refractivity contribution in [3.05, 3.63) is 71.8 Å². The van der Waals surface area contributed by atoms with E-state index in [0.717, 1.165) is 11.1 Å². The molecule has 0 fully saturated rings. The van der Waals surface area contributed by atoms with Gasteiger partial charge in [-0.1, -0.05) is 24.3 Å². The number of nitrogens with zero attached hydrogens (tertiary/aromatic N) is 3. The Kier molecular flexibility index (Phi) is 4.70. The molecule has 0 saturated carbocycles. The summed E-state index contributed by atoms with van der Waals surface area (Å²) < 4.78 is 5.27. The molecule has 0 unspecified atom stereocenters. The number of aromatic amines is 2. The van der Waals surface area contributed by atoms with E-state index in [2.05, 4.69) is 19.9 Å². The first kappa shape index (κ1) is 18.2. The van der Waals surface area contributed by atoms with Crippen LogP contribution in [0.4, 0.5) is 5.95 Å². The third-order valence-electron chi connectivity index (χ3n) is 4.44. The summed E-state index contributed by atoms with van der Waals surface area (Å²) in [5, 5.41) is 0. The molecule has 0 saturated heterocycles. The number of amides is 2. The number of nitrogens with one attached hydrogen (secondary N) is 2. The molecule has 4 N–H and O–H groups in total. The van der Waals surface area contributed by atoms with Crippen molar-refractivity contribution in [3.8, 4) is 5.75 Å². The van der Waals surface area contributed by atoms with E-state index in [-0.39, 0.29) is 17.9 Å². The molecule has 2 amide bonds. The molecule has 146 valence electrons. The van der Waals surface area contributed by atoms with Gasteiger partial charge in [0.1, 0.15) is 11.4 Å². The number of nitrogens with two attached hydrogens (primary N) is 1. The van der Waals surface area contributed by atoms with E-state index in [1.165, 1.54) is 11.2 Å². The fourth-order valence-corrected chi connectivity index (χ4v) is 3.04. The lowest BCUT2D eigenvalue weighted by atomic mass is 10.2. The predicted molar refractivity (Wildman–Crippen MR) is 107 cm³/mol. The zero-order valence-electron chi connectivity index (χ0n) is 15.5. The van der Waals surface area contributed by atoms with E-state index in [1.54, 1.807) is 7.11 Å². The number of primary amides is 1. The Hall–Kier alpha value is -4.14. The van der Waals surface area contributed by atoms with Crippen LogP contribution in [0.2, 0.25) is 0 Å². The van der Waals surface area contributed by atoms with Gasteiger partial charge in [-0.15, -0.1) is 0 Å². The van der Waals surface area contributed by atoms with Crippen LogP contribution in [0.25, 0.3) is 11.0 Å². The summed E-state index contributed by atoms with van der Waals surface area (Å²) in [7, 11) is 1.57. The second-order valence-corrected chi connectivity index (χ2v) is 6.31. The summed E-state index contributed by atoms with van der Waals surface area (Å²) >= 11 is 0. The number of carbonyl (C=O) groups is 2. The van der Waals surface area contributed by atoms with Crippen molar-refractivity contribution < 1.29 is 14.3 Å². The molecule has 0 aliphatic rings. The van der Waals surface area contributed by atoms with E-state index >= 15 is 0 Å². The zero-order valence-corrected chi connectivity index (χ0v) is 15.5. The predicted octanol–water partition coefficient (Wildman–Crippen LogP) is 2.24. The highest BCUT2D eigenvalue weighted by molar-refractivity contribution is 6.10. The van der Waals surface area contributed by atoms with Gasteiger partial charge < -0.3 is 20.4 Å². The van der Waals surface area contributed by atoms with Gasteiger partial charge in [0, 0.05) is 0 Å². The van der Waals surface area contributed by atoms with Crippen LogP contribution >= 0.6 is 0 Å². The number of hydrogen-bond acceptors (Lipinski definition) is 5. The van der Waals surface area contributed by atoms with Crippen molar-refractivity contribution in [1.29, 1.82) is 0 Å². The van der Waals surface area contributed by atoms with E-state index in [1.807, 2.05) is 48.5 Å². The number of anilines is 1. The average molecular weight is 390 g/mol. The minimum absolute atomic E-state index is 0.000789. The standard InChI is InChI=1S/C20H18N6O3/c1-29-13-6-4-5-12(9-13)10-26(19(28)17-16(18(21)27)22-11-23-17)20-24-14-7-2-3-8-15(14)25-20/h2-9,11H,10H2,1H3,(H2,21,27)(H,22,23)(H,24,25). The van der Waals surface area contributed by atoms with Crippen molar-refractivity contribution in [2.75, 3.05) is 12.0 Å². The van der Waals surface area contributed by atoms with Crippen molar-refractivity contribution in [3.63, 3.8) is 0 Å². The molecule has 2 aromatic heterocycles. The minimum atomic E-state index is -0.791. The highest BCUT2D eigenvalue weighted by atomic mass is 16.5. The van der Waals surface area contributed by atoms with Gasteiger partial charge in [-0.2, -0.15) is 0 Å². The lowest BCUT2D eigenvalue weighted by Crippen LogP contribution is -2.33. The Morgan fingerprint density at radius 2 is 2.00 bits per heavy atom. The molecule has 2 heterocycles. The van der Waals surface area contributed by atoms with E-state index < -0.39 is 11.8 Å². The molecule has 29 heavy (non-hydrogen) atoms. The molecule has 0 atom stereocenters. The molecule has 0 aliphatic carbocycles. The second kappa shape index (κ2) is 7.47. The Balaban J connectivity index is 1.78. The van der Waals surface area contributed by atoms with Crippen LogP contribution in [0.3, 0.4) is 0 Å². The van der Waals surface area contributed by atoms with Gasteiger partial charge in [0.25, 0.3) is 11.8 Å². The number of benzene rings is 2. The van der Waals surface area contributed by atoms with Crippen LogP contribution < -0.4 is 15.4 Å². The molecule has 9 heteroatoms. The zero-order chi connectivity index (χ0) is 20.4. The van der Waals surface area contributed by atoms with Gasteiger partial charge in [-0.25, -0.2) is 9.97 Å². The maximum absolute atomic E-state index is 13.3. The highest BCUT2D eigenvalue weighted by Crippen LogP contribution is 2.23. The first-order chi connectivity index (χ1) is 14.1. The molecule has 0 radical (unpaired) electrons. The van der Waals surface area contributed by atoms with E-state index in [4.69, 9.17) is 10.5 Å². The molecule has 2 aromatic carbocycles. The summed E-state index contributed by atoms with van der Waals surface area (Å²) in [4.78, 5) is 40.7. The minimum Gasteiger partial charge on any atom is -0.497 e. The summed E-state index contributed by atoms with van der Waals surface area (Å²) in [6, 6.07) is 14.8. The smallest absolute Gasteiger partial charge is 0.279 e. The van der Waals surface area contributed by atoms with Gasteiger partial charge in [0.2, 0.25) is 5.95 Å². The van der Waals surface area contributed by atoms with Crippen LogP contribution in [0.15, 0.2) is 54.9 Å². The van der Waals surface area contributed by atoms with Crippen molar-refractivity contribution >= 4 is 28.8 Å². The van der Waals surface area contributed by atoms with Crippen molar-refractivity contribution in [1.82, 2.24) is 19.9 Å². The van der Waals surface area contributed by atoms with Crippen LogP contribution in [0.1, 0.15) is 26.5 Å². The number of carbonyl (C=O) groups excluding carboxylic acids is 2. The Labute approximate surface area is 165 Å². The van der Waals surface area contributed by atoms with Gasteiger partial charge in [0.05, 0.1) is 31.0 Å². The maximum atomic E-state index is 13.3. The first-order valence-electron chi connectivity index (χ1n) is 8.79. The van der Waals surface area contributed by atoms with Gasteiger partial charge in [0.15, 0.2) is 5.69 Å². The van der Waals surface area contributed by atoms with Crippen molar-refractivity contribution in [2.45, 2.75) is 6.54 Å². The number of fused-ring (bicyclic) bond motifs is 1. The van der Waals surface area contributed by atoms with Crippen LogP contribution in [-0.2, 0) is 6.54 Å². The normalized spacial score (nSPS) is 10.8. The fraction of sp³-hybridized carbons (Fsp3) is 0.100. The molecule has 4 aromatic rings. The summed E-state index contributed by atoms with van der Waals surface area (Å²) in [6.45, 7) is 0.188. The Bertz CT molecular complexity index is 1160. The number of methoxy groups -OCH3 is 1. The van der Waals surface area contributed by atoms with Gasteiger partial charge in [-0.05, 0) is 29.8 Å². The van der Waals surface area contributed by atoms with Crippen LogP contribution in [0, 0.1) is 0 Å². The number of para-hydroxylation sites is 2. The fourth-order valence-electron chi connectivity index (χ4n) is 3.04. The van der Waals surface area contributed by atoms with Gasteiger partial charge in [-0.3, -0.25) is 14.5 Å². The molecule has 0 aliphatic heterocycles. The summed E-state index contributed by atoms with van der Waals surface area (Å²) in [6.07, 6.45) is 1.26. The second-order valence-electron chi connectivity index (χ2n) is 6.31. The molecule has 9 nitrogen and oxygen atoms in total. The van der Waals surface area contributed by atoms with Crippen LogP contribution in [0.5, 0.6) is 5.75 Å². The molecule has 0 bridgehead atoms. The molecule has 4 rings (SSSR count). The van der Waals surface area contributed by atoms with Gasteiger partial charge >= 0.3 is 0 Å². The topological polar surface area (TPSA) is 130 Å². The number of hydrogen-bond donors (Lipinski definition) is 3. The highest BCUT2D eigenvalue weighted by Gasteiger charge is 2.27. The van der Waals surface area contributed by atoms with Crippen LogP contribution in [-0.4, -0.2) is 38.9 Å². The summed E-state index contributed by atoms with van der Waals surface area (Å²) in [5.74, 6) is -0.276. The number of H-pyrrole nitrogens is 2. The quantitative estimate of drug-likeness (QED) is 0.465. The lowest BCUT2D eigenvalue weighted by molar-refractivity contribution is 0.0953. The lowest BCUT2D eigenvalue weighted by Gasteiger charge is -2.20. The molecular formula is C20H18N6O3.